The van der Waals surface area contributed by atoms with Crippen LogP contribution in [0.4, 0.5) is 0 Å². The van der Waals surface area contributed by atoms with Crippen LogP contribution < -0.4 is 32.7 Å². The van der Waals surface area contributed by atoms with E-state index in [4.69, 9.17) is 11.5 Å². The Kier molecular flexibility index (Phi) is 15.0. The normalized spacial score (nSPS) is 15.2. The first-order valence-corrected chi connectivity index (χ1v) is 16.2. The lowest BCUT2D eigenvalue weighted by molar-refractivity contribution is -0.145. The highest BCUT2D eigenvalue weighted by Crippen LogP contribution is 2.19. The summed E-state index contributed by atoms with van der Waals surface area (Å²) < 4.78 is 0. The lowest BCUT2D eigenvalue weighted by atomic mass is 10.0. The monoisotopic (exact) mass is 663 g/mol. The fourth-order valence-corrected chi connectivity index (χ4v) is 5.19. The van der Waals surface area contributed by atoms with E-state index in [1.165, 1.54) is 11.8 Å². The Morgan fingerprint density at radius 3 is 2.07 bits per heavy atom. The Balaban J connectivity index is 2.19. The number of thioether (sulfide) groups is 1. The van der Waals surface area contributed by atoms with Crippen LogP contribution in [0.3, 0.4) is 0 Å². The number of aliphatic carboxylic acids is 1. The zero-order valence-corrected chi connectivity index (χ0v) is 27.2. The Morgan fingerprint density at radius 2 is 1.48 bits per heavy atom. The molecule has 0 radical (unpaired) electrons. The maximum Gasteiger partial charge on any atom is 0.328 e. The number of para-hydroxylation sites is 1. The van der Waals surface area contributed by atoms with E-state index >= 15 is 0 Å². The maximum absolute atomic E-state index is 13.5. The van der Waals surface area contributed by atoms with Gasteiger partial charge < -0.3 is 47.9 Å². The minimum absolute atomic E-state index is 0.0286. The van der Waals surface area contributed by atoms with E-state index < -0.39 is 78.2 Å². The van der Waals surface area contributed by atoms with Crippen LogP contribution in [-0.2, 0) is 35.2 Å². The van der Waals surface area contributed by atoms with E-state index in [0.29, 0.717) is 5.75 Å². The number of H-pyrrole nitrogens is 1. The molecule has 16 heteroatoms. The highest BCUT2D eigenvalue weighted by molar-refractivity contribution is 7.98. The number of aromatic amines is 1. The first kappa shape index (κ1) is 38.0. The number of nitrogens with two attached hydrogens (primary N) is 2. The van der Waals surface area contributed by atoms with E-state index in [1.807, 2.05) is 38.1 Å². The molecule has 11 N–H and O–H groups in total. The second kappa shape index (κ2) is 18.1. The summed E-state index contributed by atoms with van der Waals surface area (Å²) in [5, 5.41) is 29.7. The molecular formula is C30H45N7O8S. The molecule has 46 heavy (non-hydrogen) atoms. The van der Waals surface area contributed by atoms with Crippen LogP contribution >= 0.6 is 11.8 Å². The summed E-state index contributed by atoms with van der Waals surface area (Å²) in [7, 11) is 0. The highest BCUT2D eigenvalue weighted by atomic mass is 32.2. The molecule has 254 valence electrons. The summed E-state index contributed by atoms with van der Waals surface area (Å²) >= 11 is 1.39. The number of carboxylic acid groups (broad SMARTS) is 1. The van der Waals surface area contributed by atoms with Gasteiger partial charge in [-0.25, -0.2) is 4.79 Å². The van der Waals surface area contributed by atoms with Gasteiger partial charge in [-0.1, -0.05) is 32.0 Å². The molecule has 0 saturated carbocycles. The number of amides is 5. The molecule has 15 nitrogen and oxygen atoms in total. The number of aliphatic hydroxyl groups is 1. The molecule has 1 aromatic heterocycles. The number of carbonyl (C=O) groups excluding carboxylic acids is 5. The Labute approximate surface area is 271 Å². The van der Waals surface area contributed by atoms with Gasteiger partial charge in [0.25, 0.3) is 0 Å². The molecular weight excluding hydrogens is 618 g/mol. The Morgan fingerprint density at radius 1 is 0.891 bits per heavy atom. The molecule has 2 aromatic rings. The lowest BCUT2D eigenvalue weighted by Gasteiger charge is -2.27. The molecule has 0 fully saturated rings. The number of aromatic nitrogens is 1. The smallest absolute Gasteiger partial charge is 0.328 e. The highest BCUT2D eigenvalue weighted by Gasteiger charge is 2.33. The van der Waals surface area contributed by atoms with Crippen molar-refractivity contribution in [2.45, 2.75) is 82.8 Å². The third kappa shape index (κ3) is 11.7. The molecule has 1 heterocycles. The van der Waals surface area contributed by atoms with Crippen LogP contribution in [0.5, 0.6) is 0 Å². The predicted octanol–water partition coefficient (Wildman–Crippen LogP) is -0.883. The van der Waals surface area contributed by atoms with Crippen LogP contribution in [0.25, 0.3) is 10.9 Å². The Bertz CT molecular complexity index is 1380. The zero-order chi connectivity index (χ0) is 34.6. The van der Waals surface area contributed by atoms with Gasteiger partial charge >= 0.3 is 5.97 Å². The van der Waals surface area contributed by atoms with Crippen molar-refractivity contribution in [3.8, 4) is 0 Å². The van der Waals surface area contributed by atoms with Crippen molar-refractivity contribution in [1.82, 2.24) is 26.3 Å². The van der Waals surface area contributed by atoms with Crippen LogP contribution in [0, 0.1) is 5.92 Å². The third-order valence-corrected chi connectivity index (χ3v) is 7.76. The SMILES string of the molecule is CSCCC(NC(=O)C(CC(C)C)NC(=O)C(N)Cc1c[nH]c2ccccc12)C(=O)NC(CC(N)=O)C(=O)NC(C(=O)O)C(C)O. The lowest BCUT2D eigenvalue weighted by Crippen LogP contribution is -2.60. The third-order valence-electron chi connectivity index (χ3n) is 7.12. The van der Waals surface area contributed by atoms with Crippen LogP contribution in [0.2, 0.25) is 0 Å². The number of fused-ring (bicyclic) bond motifs is 1. The minimum Gasteiger partial charge on any atom is -0.480 e. The van der Waals surface area contributed by atoms with Crippen molar-refractivity contribution in [2.24, 2.45) is 17.4 Å². The summed E-state index contributed by atoms with van der Waals surface area (Å²) in [5.41, 5.74) is 13.2. The van der Waals surface area contributed by atoms with Gasteiger partial charge in [-0.15, -0.1) is 0 Å². The summed E-state index contributed by atoms with van der Waals surface area (Å²) in [6.07, 6.45) is 1.98. The van der Waals surface area contributed by atoms with Crippen LogP contribution in [0.15, 0.2) is 30.5 Å². The molecule has 6 atom stereocenters. The van der Waals surface area contributed by atoms with Gasteiger partial charge in [-0.3, -0.25) is 24.0 Å². The fourth-order valence-electron chi connectivity index (χ4n) is 4.71. The van der Waals surface area contributed by atoms with Crippen molar-refractivity contribution in [3.63, 3.8) is 0 Å². The zero-order valence-electron chi connectivity index (χ0n) is 26.4. The molecule has 0 aliphatic rings. The number of hydrogen-bond donors (Lipinski definition) is 9. The van der Waals surface area contributed by atoms with E-state index in [0.717, 1.165) is 23.4 Å². The number of carboxylic acids is 1. The van der Waals surface area contributed by atoms with Crippen LogP contribution in [-0.4, -0.2) is 99.0 Å². The number of primary amides is 1. The number of carbonyl (C=O) groups is 6. The fraction of sp³-hybridized carbons (Fsp3) is 0.533. The quantitative estimate of drug-likeness (QED) is 0.0896. The van der Waals surface area contributed by atoms with Gasteiger partial charge in [0.2, 0.25) is 29.5 Å². The number of nitrogens with one attached hydrogen (secondary N) is 5. The summed E-state index contributed by atoms with van der Waals surface area (Å²) in [4.78, 5) is 79.1. The first-order chi connectivity index (χ1) is 21.6. The largest absolute Gasteiger partial charge is 0.480 e. The molecule has 6 unspecified atom stereocenters. The molecule has 2 rings (SSSR count). The minimum atomic E-state index is -1.71. The molecule has 0 spiro atoms. The number of hydrogen-bond acceptors (Lipinski definition) is 9. The van der Waals surface area contributed by atoms with Crippen molar-refractivity contribution < 1.29 is 39.0 Å². The summed E-state index contributed by atoms with van der Waals surface area (Å²) in [6, 6.07) is 1.07. The van der Waals surface area contributed by atoms with E-state index in [-0.39, 0.29) is 25.2 Å². The Hall–Kier alpha value is -4.15. The van der Waals surface area contributed by atoms with Gasteiger partial charge in [0, 0.05) is 17.1 Å². The van der Waals surface area contributed by atoms with E-state index in [2.05, 4.69) is 26.3 Å². The molecule has 0 saturated heterocycles. The number of aliphatic hydroxyl groups excluding tert-OH is 1. The van der Waals surface area contributed by atoms with Crippen molar-refractivity contribution in [3.05, 3.63) is 36.0 Å². The number of benzene rings is 1. The van der Waals surface area contributed by atoms with Gasteiger partial charge in [0.15, 0.2) is 6.04 Å². The second-order valence-corrected chi connectivity index (χ2v) is 12.5. The predicted molar refractivity (Wildman–Crippen MR) is 173 cm³/mol. The van der Waals surface area contributed by atoms with Gasteiger partial charge in [-0.2, -0.15) is 11.8 Å². The molecule has 0 bridgehead atoms. The van der Waals surface area contributed by atoms with Gasteiger partial charge in [0.1, 0.15) is 18.1 Å². The van der Waals surface area contributed by atoms with Crippen molar-refractivity contribution in [1.29, 1.82) is 0 Å². The molecule has 0 aliphatic carbocycles. The average Bonchev–Trinajstić information content (AvgIpc) is 3.38. The topological polar surface area (TPSA) is 259 Å². The summed E-state index contributed by atoms with van der Waals surface area (Å²) in [5.74, 6) is -5.21. The maximum atomic E-state index is 13.5. The number of rotatable bonds is 19. The van der Waals surface area contributed by atoms with Gasteiger partial charge in [-0.05, 0) is 55.7 Å². The first-order valence-electron chi connectivity index (χ1n) is 14.8. The molecule has 1 aromatic carbocycles. The van der Waals surface area contributed by atoms with Crippen molar-refractivity contribution >= 4 is 58.2 Å². The standard InChI is InChI=1S/C30H45N7O8S/c1-15(2)11-22(35-26(40)19(31)12-17-14-33-20-8-6-5-7-18(17)20)28(42)34-21(9-10-46-4)27(41)36-23(13-24(32)39)29(43)37-25(16(3)38)30(44)45/h5-8,14-16,19,21-23,25,33,38H,9-13,31H2,1-4H3,(H2,32,39)(H,34,42)(H,35,40)(H,36,41)(H,37,43)(H,44,45). The second-order valence-electron chi connectivity index (χ2n) is 11.5. The average molecular weight is 664 g/mol. The van der Waals surface area contributed by atoms with Gasteiger partial charge in [0.05, 0.1) is 18.6 Å². The van der Waals surface area contributed by atoms with E-state index in [1.54, 1.807) is 12.5 Å². The van der Waals surface area contributed by atoms with Crippen LogP contribution in [0.1, 0.15) is 45.6 Å². The summed E-state index contributed by atoms with van der Waals surface area (Å²) in [6.45, 7) is 4.87. The van der Waals surface area contributed by atoms with Crippen molar-refractivity contribution in [2.75, 3.05) is 12.0 Å². The molecule has 5 amide bonds. The van der Waals surface area contributed by atoms with E-state index in [9.17, 15) is 39.0 Å². The molecule has 0 aliphatic heterocycles.